The van der Waals surface area contributed by atoms with E-state index >= 15 is 0 Å². The molecule has 0 saturated carbocycles. The monoisotopic (exact) mass is 519 g/mol. The van der Waals surface area contributed by atoms with Crippen LogP contribution in [-0.4, -0.2) is 52.5 Å². The Kier molecular flexibility index (Phi) is 18.9. The molecule has 1 saturated heterocycles. The summed E-state index contributed by atoms with van der Waals surface area (Å²) in [6.07, 6.45) is 10.2. The third kappa shape index (κ3) is 12.3. The van der Waals surface area contributed by atoms with E-state index in [0.29, 0.717) is 0 Å². The number of nitrogens with zero attached hydrogens (tertiary/aromatic N) is 3. The molecule has 0 aliphatic carbocycles. The van der Waals surface area contributed by atoms with E-state index in [-0.39, 0.29) is 5.83 Å². The van der Waals surface area contributed by atoms with Gasteiger partial charge in [-0.2, -0.15) is 0 Å². The second-order valence-corrected chi connectivity index (χ2v) is 10.1. The SMILES string of the molecule is C=C(C)/C=C\C(F)=C/C.CC.CCCN(CCC)S(=O)c1ccc(C)c(C(=NC)N2CCCCC2)c1. The number of hydrogen-bond acceptors (Lipinski definition) is 2. The van der Waals surface area contributed by atoms with Gasteiger partial charge in [0.15, 0.2) is 0 Å². The summed E-state index contributed by atoms with van der Waals surface area (Å²) in [5.41, 5.74) is 3.18. The van der Waals surface area contributed by atoms with E-state index in [4.69, 9.17) is 0 Å². The van der Waals surface area contributed by atoms with Crippen molar-refractivity contribution in [1.29, 1.82) is 0 Å². The predicted molar refractivity (Wildman–Crippen MR) is 158 cm³/mol. The zero-order valence-corrected chi connectivity index (χ0v) is 24.9. The summed E-state index contributed by atoms with van der Waals surface area (Å²) in [7, 11) is 0.765. The average molecular weight is 520 g/mol. The first-order valence-corrected chi connectivity index (χ1v) is 14.5. The van der Waals surface area contributed by atoms with Crippen molar-refractivity contribution in [2.24, 2.45) is 4.99 Å². The molecule has 1 aromatic rings. The molecule has 1 atom stereocenters. The highest BCUT2D eigenvalue weighted by atomic mass is 32.2. The minimum absolute atomic E-state index is 0.224. The second-order valence-electron chi connectivity index (χ2n) is 8.60. The van der Waals surface area contributed by atoms with E-state index in [1.165, 1.54) is 37.0 Å². The summed E-state index contributed by atoms with van der Waals surface area (Å²) in [6.45, 7) is 21.3. The van der Waals surface area contributed by atoms with Crippen LogP contribution in [0, 0.1) is 6.92 Å². The van der Waals surface area contributed by atoms with Crippen LogP contribution >= 0.6 is 0 Å². The topological polar surface area (TPSA) is 35.9 Å². The fourth-order valence-electron chi connectivity index (χ4n) is 3.73. The summed E-state index contributed by atoms with van der Waals surface area (Å²) in [6, 6.07) is 6.20. The van der Waals surface area contributed by atoms with Gasteiger partial charge in [-0.3, -0.25) is 4.99 Å². The number of halogens is 1. The molecule has 204 valence electrons. The van der Waals surface area contributed by atoms with Crippen molar-refractivity contribution < 1.29 is 8.60 Å². The van der Waals surface area contributed by atoms with Crippen LogP contribution in [-0.2, 0) is 11.0 Å². The first-order chi connectivity index (χ1) is 17.3. The molecule has 1 fully saturated rings. The molecule has 0 aromatic heterocycles. The highest BCUT2D eigenvalue weighted by Crippen LogP contribution is 2.21. The summed E-state index contributed by atoms with van der Waals surface area (Å²) < 4.78 is 27.4. The van der Waals surface area contributed by atoms with Crippen molar-refractivity contribution in [2.45, 2.75) is 85.5 Å². The Morgan fingerprint density at radius 3 is 2.19 bits per heavy atom. The molecule has 1 heterocycles. The number of likely N-dealkylation sites (tertiary alicyclic amines) is 1. The number of piperidine rings is 1. The number of rotatable bonds is 9. The predicted octanol–water partition coefficient (Wildman–Crippen LogP) is 8.02. The lowest BCUT2D eigenvalue weighted by Crippen LogP contribution is -2.36. The van der Waals surface area contributed by atoms with Crippen molar-refractivity contribution in [3.8, 4) is 0 Å². The van der Waals surface area contributed by atoms with Crippen molar-refractivity contribution in [2.75, 3.05) is 33.2 Å². The Morgan fingerprint density at radius 1 is 1.14 bits per heavy atom. The smallest absolute Gasteiger partial charge is 0.130 e. The van der Waals surface area contributed by atoms with Gasteiger partial charge >= 0.3 is 0 Å². The zero-order chi connectivity index (χ0) is 27.5. The van der Waals surface area contributed by atoms with Gasteiger partial charge in [0.2, 0.25) is 0 Å². The molecule has 0 amide bonds. The van der Waals surface area contributed by atoms with Crippen molar-refractivity contribution in [1.82, 2.24) is 9.21 Å². The van der Waals surface area contributed by atoms with E-state index < -0.39 is 11.0 Å². The van der Waals surface area contributed by atoms with Crippen LogP contribution in [0.25, 0.3) is 0 Å². The largest absolute Gasteiger partial charge is 0.356 e. The second kappa shape index (κ2) is 20.1. The van der Waals surface area contributed by atoms with E-state index in [9.17, 15) is 8.60 Å². The molecule has 0 radical (unpaired) electrons. The molecule has 0 bridgehead atoms. The molecule has 1 unspecified atom stereocenters. The maximum Gasteiger partial charge on any atom is 0.130 e. The quantitative estimate of drug-likeness (QED) is 0.188. The molecule has 1 aromatic carbocycles. The van der Waals surface area contributed by atoms with Gasteiger partial charge < -0.3 is 4.90 Å². The van der Waals surface area contributed by atoms with Gasteiger partial charge in [-0.25, -0.2) is 12.9 Å². The first kappa shape index (κ1) is 34.0. The normalized spacial score (nSPS) is 15.2. The van der Waals surface area contributed by atoms with Gasteiger partial charge in [0.05, 0.1) is 4.90 Å². The van der Waals surface area contributed by atoms with Crippen LogP contribution in [0.15, 0.2) is 64.3 Å². The van der Waals surface area contributed by atoms with Gasteiger partial charge in [-0.1, -0.05) is 58.1 Å². The molecule has 2 rings (SSSR count). The lowest BCUT2D eigenvalue weighted by Gasteiger charge is -2.30. The Balaban J connectivity index is 0.000000941. The average Bonchev–Trinajstić information content (AvgIpc) is 2.90. The van der Waals surface area contributed by atoms with E-state index in [1.807, 2.05) is 33.9 Å². The van der Waals surface area contributed by atoms with Gasteiger partial charge in [0.1, 0.15) is 22.6 Å². The van der Waals surface area contributed by atoms with E-state index in [1.54, 1.807) is 13.0 Å². The number of aryl methyl sites for hydroxylation is 1. The Labute approximate surface area is 223 Å². The standard InChI is InChI=1S/C20H33N3OS.C8H11F.C2H6/c1-5-12-23(13-6-2)25(24)18-11-10-17(3)19(16-18)20(21-4)22-14-8-7-9-15-22;1-4-8(9)6-5-7(2)3;1-2/h10-11,16H,5-9,12-15H2,1-4H3;4-6H,2H2,1,3H3;1-2H3/b;6-5-,8-4+;. The molecular formula is C30H50FN3OS. The van der Waals surface area contributed by atoms with Gasteiger partial charge in [0.25, 0.3) is 0 Å². The van der Waals surface area contributed by atoms with Gasteiger partial charge in [-0.05, 0) is 76.6 Å². The van der Waals surface area contributed by atoms with Crippen LogP contribution < -0.4 is 0 Å². The highest BCUT2D eigenvalue weighted by Gasteiger charge is 2.20. The highest BCUT2D eigenvalue weighted by molar-refractivity contribution is 7.82. The number of amidine groups is 1. The minimum atomic E-state index is -1.10. The van der Waals surface area contributed by atoms with Crippen molar-refractivity contribution >= 4 is 16.8 Å². The number of allylic oxidation sites excluding steroid dienone is 5. The van der Waals surface area contributed by atoms with Crippen LogP contribution in [0.5, 0.6) is 0 Å². The molecule has 36 heavy (non-hydrogen) atoms. The van der Waals surface area contributed by atoms with Gasteiger partial charge in [0, 0.05) is 38.8 Å². The van der Waals surface area contributed by atoms with E-state index in [2.05, 4.69) is 53.7 Å². The fourth-order valence-corrected chi connectivity index (χ4v) is 5.13. The van der Waals surface area contributed by atoms with Crippen molar-refractivity contribution in [3.05, 3.63) is 65.5 Å². The van der Waals surface area contributed by atoms with Gasteiger partial charge in [-0.15, -0.1) is 0 Å². The third-order valence-electron chi connectivity index (χ3n) is 5.50. The Morgan fingerprint density at radius 2 is 1.72 bits per heavy atom. The summed E-state index contributed by atoms with van der Waals surface area (Å²) in [4.78, 5) is 7.86. The molecule has 1 aliphatic heterocycles. The van der Waals surface area contributed by atoms with Crippen LogP contribution in [0.3, 0.4) is 0 Å². The lowest BCUT2D eigenvalue weighted by atomic mass is 10.0. The molecule has 0 spiro atoms. The Bertz CT molecular complexity index is 880. The molecule has 4 nitrogen and oxygen atoms in total. The molecule has 0 N–H and O–H groups in total. The number of hydrogen-bond donors (Lipinski definition) is 0. The minimum Gasteiger partial charge on any atom is -0.356 e. The van der Waals surface area contributed by atoms with Crippen LogP contribution in [0.2, 0.25) is 0 Å². The maximum atomic E-state index is 13.1. The zero-order valence-electron chi connectivity index (χ0n) is 24.1. The van der Waals surface area contributed by atoms with E-state index in [0.717, 1.165) is 60.9 Å². The molecular weight excluding hydrogens is 469 g/mol. The molecule has 1 aliphatic rings. The van der Waals surface area contributed by atoms with Crippen LogP contribution in [0.4, 0.5) is 4.39 Å². The third-order valence-corrected chi connectivity index (χ3v) is 6.99. The summed E-state index contributed by atoms with van der Waals surface area (Å²) >= 11 is 0. The lowest BCUT2D eigenvalue weighted by molar-refractivity contribution is 0.342. The Hall–Kier alpha value is -2.05. The van der Waals surface area contributed by atoms with Crippen LogP contribution in [0.1, 0.15) is 84.8 Å². The first-order valence-electron chi connectivity index (χ1n) is 13.4. The van der Waals surface area contributed by atoms with Crippen molar-refractivity contribution in [3.63, 3.8) is 0 Å². The summed E-state index contributed by atoms with van der Waals surface area (Å²) in [5, 5.41) is 0. The number of aliphatic imine (C=N–C) groups is 1. The number of benzene rings is 1. The molecule has 6 heteroatoms. The maximum absolute atomic E-state index is 13.1. The fraction of sp³-hybridized carbons (Fsp3) is 0.567. The summed E-state index contributed by atoms with van der Waals surface area (Å²) in [5.74, 6) is 0.826.